The Bertz CT molecular complexity index is 1440. The molecule has 1 aromatic heterocycles. The number of aliphatic carboxylic acids is 1. The molecule has 192 valence electrons. The highest BCUT2D eigenvalue weighted by atomic mass is 32.2. The molecule has 36 heavy (non-hydrogen) atoms. The standard InChI is InChI=1S/C26H31N3O6S/c1-18-21(20-6-4-19(5-7-20)16-28-12-14-35-15-13-28)8-9-22-23(18)27-17-29(24(22)30)11-10-26(2,25(31)32)36(3,33)34/h4-9,17H,10-16H2,1-3H3,(H,31,32). The van der Waals surface area contributed by atoms with Crippen LogP contribution in [0.15, 0.2) is 47.5 Å². The Labute approximate surface area is 210 Å². The van der Waals surface area contributed by atoms with Crippen molar-refractivity contribution in [1.82, 2.24) is 14.5 Å². The van der Waals surface area contributed by atoms with Gasteiger partial charge in [0.15, 0.2) is 14.6 Å². The van der Waals surface area contributed by atoms with Crippen LogP contribution in [0.2, 0.25) is 0 Å². The zero-order chi connectivity index (χ0) is 26.1. The molecule has 9 nitrogen and oxygen atoms in total. The van der Waals surface area contributed by atoms with Crippen molar-refractivity contribution in [2.24, 2.45) is 0 Å². The highest BCUT2D eigenvalue weighted by molar-refractivity contribution is 7.92. The van der Waals surface area contributed by atoms with Crippen molar-refractivity contribution in [1.29, 1.82) is 0 Å². The monoisotopic (exact) mass is 513 g/mol. The summed E-state index contributed by atoms with van der Waals surface area (Å²) >= 11 is 0. The van der Waals surface area contributed by atoms with Gasteiger partial charge >= 0.3 is 5.97 Å². The van der Waals surface area contributed by atoms with E-state index in [0.717, 1.165) is 62.7 Å². The summed E-state index contributed by atoms with van der Waals surface area (Å²) in [7, 11) is -3.89. The predicted octanol–water partition coefficient (Wildman–Crippen LogP) is 2.48. The van der Waals surface area contributed by atoms with Crippen LogP contribution >= 0.6 is 0 Å². The number of hydrogen-bond acceptors (Lipinski definition) is 7. The Kier molecular flexibility index (Phi) is 7.31. The molecule has 0 aliphatic carbocycles. The first kappa shape index (κ1) is 26.0. The molecule has 1 unspecified atom stereocenters. The minimum Gasteiger partial charge on any atom is -0.480 e. The zero-order valence-electron chi connectivity index (χ0n) is 20.7. The molecule has 0 radical (unpaired) electrons. The average molecular weight is 514 g/mol. The highest BCUT2D eigenvalue weighted by Crippen LogP contribution is 2.28. The molecule has 10 heteroatoms. The van der Waals surface area contributed by atoms with Gasteiger partial charge in [-0.15, -0.1) is 0 Å². The minimum absolute atomic E-state index is 0.0803. The van der Waals surface area contributed by atoms with Crippen LogP contribution in [0, 0.1) is 6.92 Å². The highest BCUT2D eigenvalue weighted by Gasteiger charge is 2.43. The number of ether oxygens (including phenoxy) is 1. The molecular formula is C26H31N3O6S. The number of carboxylic acid groups (broad SMARTS) is 1. The van der Waals surface area contributed by atoms with Gasteiger partial charge in [0.05, 0.1) is 30.4 Å². The number of benzene rings is 2. The Morgan fingerprint density at radius 2 is 1.81 bits per heavy atom. The molecule has 1 N–H and O–H groups in total. The Hall–Kier alpha value is -3.08. The lowest BCUT2D eigenvalue weighted by Gasteiger charge is -2.26. The molecule has 1 fully saturated rings. The number of carbonyl (C=O) groups is 1. The maximum absolute atomic E-state index is 13.1. The number of fused-ring (bicyclic) bond motifs is 1. The van der Waals surface area contributed by atoms with Crippen LogP contribution in [0.1, 0.15) is 24.5 Å². The smallest absolute Gasteiger partial charge is 0.324 e. The Morgan fingerprint density at radius 1 is 1.14 bits per heavy atom. The van der Waals surface area contributed by atoms with Crippen LogP contribution in [0.25, 0.3) is 22.0 Å². The fourth-order valence-electron chi connectivity index (χ4n) is 4.44. The van der Waals surface area contributed by atoms with E-state index in [2.05, 4.69) is 34.1 Å². The van der Waals surface area contributed by atoms with Crippen LogP contribution < -0.4 is 5.56 Å². The van der Waals surface area contributed by atoms with Crippen LogP contribution in [-0.4, -0.2) is 71.3 Å². The van der Waals surface area contributed by atoms with E-state index >= 15 is 0 Å². The van der Waals surface area contributed by atoms with E-state index in [9.17, 15) is 23.1 Å². The molecule has 3 aromatic rings. The summed E-state index contributed by atoms with van der Waals surface area (Å²) in [6.07, 6.45) is 2.00. The molecule has 1 atom stereocenters. The lowest BCUT2D eigenvalue weighted by atomic mass is 9.97. The van der Waals surface area contributed by atoms with E-state index in [1.807, 2.05) is 13.0 Å². The van der Waals surface area contributed by atoms with E-state index in [0.29, 0.717) is 10.9 Å². The quantitative estimate of drug-likeness (QED) is 0.488. The summed E-state index contributed by atoms with van der Waals surface area (Å²) in [5.74, 6) is -1.44. The van der Waals surface area contributed by atoms with Crippen LogP contribution in [0.4, 0.5) is 0 Å². The number of morpholine rings is 1. The third-order valence-corrected chi connectivity index (χ3v) is 9.14. The van der Waals surface area contributed by atoms with Crippen molar-refractivity contribution < 1.29 is 23.1 Å². The summed E-state index contributed by atoms with van der Waals surface area (Å²) < 4.78 is 28.8. The van der Waals surface area contributed by atoms with Crippen molar-refractivity contribution in [3.8, 4) is 11.1 Å². The van der Waals surface area contributed by atoms with Gasteiger partial charge in [0.1, 0.15) is 0 Å². The van der Waals surface area contributed by atoms with Gasteiger partial charge in [0, 0.05) is 32.4 Å². The molecule has 1 aliphatic rings. The van der Waals surface area contributed by atoms with Crippen molar-refractivity contribution in [3.05, 3.63) is 64.2 Å². The molecule has 0 amide bonds. The first-order valence-corrected chi connectivity index (χ1v) is 13.7. The second kappa shape index (κ2) is 10.1. The lowest BCUT2D eigenvalue weighted by molar-refractivity contribution is -0.139. The van der Waals surface area contributed by atoms with Gasteiger partial charge < -0.3 is 9.84 Å². The maximum atomic E-state index is 13.1. The number of sulfone groups is 1. The fourth-order valence-corrected chi connectivity index (χ4v) is 5.22. The molecule has 0 saturated carbocycles. The maximum Gasteiger partial charge on any atom is 0.324 e. The van der Waals surface area contributed by atoms with E-state index < -0.39 is 20.6 Å². The zero-order valence-corrected chi connectivity index (χ0v) is 21.5. The first-order valence-electron chi connectivity index (χ1n) is 11.8. The van der Waals surface area contributed by atoms with Gasteiger partial charge in [-0.3, -0.25) is 19.1 Å². The molecule has 0 bridgehead atoms. The predicted molar refractivity (Wildman–Crippen MR) is 138 cm³/mol. The van der Waals surface area contributed by atoms with E-state index in [4.69, 9.17) is 4.74 Å². The van der Waals surface area contributed by atoms with Gasteiger partial charge in [-0.1, -0.05) is 30.3 Å². The largest absolute Gasteiger partial charge is 0.480 e. The lowest BCUT2D eigenvalue weighted by Crippen LogP contribution is -2.44. The van der Waals surface area contributed by atoms with Crippen molar-refractivity contribution in [2.75, 3.05) is 32.6 Å². The second-order valence-electron chi connectivity index (χ2n) is 9.52. The molecule has 0 spiro atoms. The number of hydrogen-bond donors (Lipinski definition) is 1. The molecule has 4 rings (SSSR count). The summed E-state index contributed by atoms with van der Waals surface area (Å²) in [6, 6.07) is 12.0. The topological polar surface area (TPSA) is 119 Å². The summed E-state index contributed by atoms with van der Waals surface area (Å²) in [5.41, 5.74) is 4.32. The fraction of sp³-hybridized carbons (Fsp3) is 0.423. The number of rotatable bonds is 8. The minimum atomic E-state index is -3.89. The van der Waals surface area contributed by atoms with Crippen LogP contribution in [0.3, 0.4) is 0 Å². The van der Waals surface area contributed by atoms with E-state index in [-0.39, 0.29) is 18.5 Å². The van der Waals surface area contributed by atoms with Gasteiger partial charge in [0.2, 0.25) is 0 Å². The normalized spacial score (nSPS) is 16.6. The van der Waals surface area contributed by atoms with Crippen molar-refractivity contribution in [3.63, 3.8) is 0 Å². The van der Waals surface area contributed by atoms with Gasteiger partial charge in [-0.25, -0.2) is 13.4 Å². The third-order valence-electron chi connectivity index (χ3n) is 7.12. The van der Waals surface area contributed by atoms with Gasteiger partial charge in [0.25, 0.3) is 5.56 Å². The number of aromatic nitrogens is 2. The van der Waals surface area contributed by atoms with Crippen LogP contribution in [0.5, 0.6) is 0 Å². The number of nitrogens with zero attached hydrogens (tertiary/aromatic N) is 3. The van der Waals surface area contributed by atoms with Gasteiger partial charge in [-0.05, 0) is 48.6 Å². The van der Waals surface area contributed by atoms with Crippen molar-refractivity contribution in [2.45, 2.75) is 38.1 Å². The average Bonchev–Trinajstić information content (AvgIpc) is 2.84. The molecule has 2 aromatic carbocycles. The molecule has 1 aliphatic heterocycles. The van der Waals surface area contributed by atoms with E-state index in [1.54, 1.807) is 6.07 Å². The third kappa shape index (κ3) is 5.07. The number of carboxylic acids is 1. The summed E-state index contributed by atoms with van der Waals surface area (Å²) in [5, 5.41) is 9.87. The SMILES string of the molecule is Cc1c(-c2ccc(CN3CCOCC3)cc2)ccc2c(=O)n(CCC(C)(C(=O)O)S(C)(=O)=O)cnc12. The second-order valence-corrected chi connectivity index (χ2v) is 12.0. The summed E-state index contributed by atoms with van der Waals surface area (Å²) in [4.78, 5) is 31.6. The Morgan fingerprint density at radius 3 is 2.42 bits per heavy atom. The number of aryl methyl sites for hydroxylation is 2. The Balaban J connectivity index is 1.58. The first-order chi connectivity index (χ1) is 17.0. The molecule has 1 saturated heterocycles. The molecular weight excluding hydrogens is 482 g/mol. The molecule has 2 heterocycles. The summed E-state index contributed by atoms with van der Waals surface area (Å²) in [6.45, 7) is 7.26. The van der Waals surface area contributed by atoms with Crippen molar-refractivity contribution >= 4 is 26.7 Å². The van der Waals surface area contributed by atoms with Gasteiger partial charge in [-0.2, -0.15) is 0 Å². The van der Waals surface area contributed by atoms with Crippen LogP contribution in [-0.2, 0) is 32.5 Å². The van der Waals surface area contributed by atoms with E-state index in [1.165, 1.54) is 16.5 Å².